The summed E-state index contributed by atoms with van der Waals surface area (Å²) in [6.07, 6.45) is 2.70. The Balaban J connectivity index is 1.53. The van der Waals surface area contributed by atoms with E-state index in [1.54, 1.807) is 0 Å². The molecular formula is C22H29NO. The summed E-state index contributed by atoms with van der Waals surface area (Å²) in [4.78, 5) is 2.46. The SMILES string of the molecule is CCC(C)c1ccc(C(O)CCN2CCc3ccccc3C2)cc1. The second-order valence-electron chi connectivity index (χ2n) is 7.08. The third-order valence-corrected chi connectivity index (χ3v) is 5.43. The van der Waals surface area contributed by atoms with Gasteiger partial charge in [-0.05, 0) is 47.4 Å². The molecule has 2 aromatic rings. The quantitative estimate of drug-likeness (QED) is 0.834. The molecule has 2 atom stereocenters. The molecule has 1 aliphatic heterocycles. The second kappa shape index (κ2) is 7.96. The summed E-state index contributed by atoms with van der Waals surface area (Å²) >= 11 is 0. The monoisotopic (exact) mass is 323 g/mol. The van der Waals surface area contributed by atoms with Gasteiger partial charge in [-0.1, -0.05) is 62.4 Å². The third kappa shape index (κ3) is 4.06. The first-order valence-electron chi connectivity index (χ1n) is 9.24. The number of hydrogen-bond donors (Lipinski definition) is 1. The molecule has 2 nitrogen and oxygen atoms in total. The average Bonchev–Trinajstić information content (AvgIpc) is 2.65. The number of nitrogens with zero attached hydrogens (tertiary/aromatic N) is 1. The lowest BCUT2D eigenvalue weighted by Crippen LogP contribution is -2.32. The number of fused-ring (bicyclic) bond motifs is 1. The first kappa shape index (κ1) is 17.2. The summed E-state index contributed by atoms with van der Waals surface area (Å²) in [5.41, 5.74) is 5.33. The van der Waals surface area contributed by atoms with E-state index in [1.807, 2.05) is 0 Å². The van der Waals surface area contributed by atoms with Gasteiger partial charge in [0.1, 0.15) is 0 Å². The van der Waals surface area contributed by atoms with Crippen LogP contribution in [0, 0.1) is 0 Å². The van der Waals surface area contributed by atoms with E-state index in [9.17, 15) is 5.11 Å². The largest absolute Gasteiger partial charge is 0.388 e. The topological polar surface area (TPSA) is 23.5 Å². The number of aliphatic hydroxyl groups excluding tert-OH is 1. The van der Waals surface area contributed by atoms with Gasteiger partial charge in [0.2, 0.25) is 0 Å². The maximum atomic E-state index is 10.5. The third-order valence-electron chi connectivity index (χ3n) is 5.43. The maximum Gasteiger partial charge on any atom is 0.0802 e. The molecule has 0 bridgehead atoms. The fourth-order valence-corrected chi connectivity index (χ4v) is 3.50. The van der Waals surface area contributed by atoms with Crippen LogP contribution in [0.4, 0.5) is 0 Å². The lowest BCUT2D eigenvalue weighted by Gasteiger charge is -2.29. The van der Waals surface area contributed by atoms with E-state index in [1.165, 1.54) is 16.7 Å². The van der Waals surface area contributed by atoms with Crippen LogP contribution in [0.1, 0.15) is 61.0 Å². The van der Waals surface area contributed by atoms with Crippen LogP contribution in [0.3, 0.4) is 0 Å². The van der Waals surface area contributed by atoms with E-state index >= 15 is 0 Å². The molecular weight excluding hydrogens is 294 g/mol. The molecule has 24 heavy (non-hydrogen) atoms. The fraction of sp³-hybridized carbons (Fsp3) is 0.455. The molecule has 3 rings (SSSR count). The van der Waals surface area contributed by atoms with Crippen LogP contribution in [0.25, 0.3) is 0 Å². The van der Waals surface area contributed by atoms with Crippen molar-refractivity contribution >= 4 is 0 Å². The van der Waals surface area contributed by atoms with Gasteiger partial charge in [0.15, 0.2) is 0 Å². The molecule has 0 fully saturated rings. The first-order valence-corrected chi connectivity index (χ1v) is 9.24. The predicted molar refractivity (Wildman–Crippen MR) is 100 cm³/mol. The molecule has 0 spiro atoms. The Morgan fingerprint density at radius 2 is 1.67 bits per heavy atom. The molecule has 0 saturated carbocycles. The highest BCUT2D eigenvalue weighted by atomic mass is 16.3. The summed E-state index contributed by atoms with van der Waals surface area (Å²) in [6, 6.07) is 17.2. The van der Waals surface area contributed by atoms with Gasteiger partial charge in [0.05, 0.1) is 6.10 Å². The van der Waals surface area contributed by atoms with Crippen LogP contribution in [0.15, 0.2) is 48.5 Å². The number of aliphatic hydroxyl groups is 1. The van der Waals surface area contributed by atoms with E-state index in [-0.39, 0.29) is 6.10 Å². The molecule has 0 amide bonds. The molecule has 1 heterocycles. The molecule has 2 unspecified atom stereocenters. The Bertz CT molecular complexity index is 649. The summed E-state index contributed by atoms with van der Waals surface area (Å²) in [5, 5.41) is 10.5. The standard InChI is InChI=1S/C22H29NO/c1-3-17(2)18-8-10-20(11-9-18)22(24)13-15-23-14-12-19-6-4-5-7-21(19)16-23/h4-11,17,22,24H,3,12-16H2,1-2H3. The van der Waals surface area contributed by atoms with Crippen molar-refractivity contribution in [1.82, 2.24) is 4.90 Å². The van der Waals surface area contributed by atoms with Crippen LogP contribution in [-0.2, 0) is 13.0 Å². The van der Waals surface area contributed by atoms with Gasteiger partial charge in [-0.3, -0.25) is 4.90 Å². The van der Waals surface area contributed by atoms with Gasteiger partial charge < -0.3 is 5.11 Å². The molecule has 1 N–H and O–H groups in total. The molecule has 2 heteroatoms. The highest BCUT2D eigenvalue weighted by molar-refractivity contribution is 5.29. The van der Waals surface area contributed by atoms with Crippen molar-refractivity contribution in [1.29, 1.82) is 0 Å². The molecule has 1 aliphatic rings. The van der Waals surface area contributed by atoms with Gasteiger partial charge >= 0.3 is 0 Å². The van der Waals surface area contributed by atoms with E-state index in [0.29, 0.717) is 5.92 Å². The Kier molecular flexibility index (Phi) is 5.70. The van der Waals surface area contributed by atoms with Gasteiger partial charge in [-0.25, -0.2) is 0 Å². The summed E-state index contributed by atoms with van der Waals surface area (Å²) in [7, 11) is 0. The van der Waals surface area contributed by atoms with E-state index < -0.39 is 0 Å². The Morgan fingerprint density at radius 3 is 2.38 bits per heavy atom. The number of rotatable bonds is 6. The highest BCUT2D eigenvalue weighted by Gasteiger charge is 2.17. The minimum Gasteiger partial charge on any atom is -0.388 e. The van der Waals surface area contributed by atoms with Crippen molar-refractivity contribution in [2.45, 2.75) is 51.7 Å². The van der Waals surface area contributed by atoms with Gasteiger partial charge in [0, 0.05) is 19.6 Å². The molecule has 0 saturated heterocycles. The Morgan fingerprint density at radius 1 is 1.00 bits per heavy atom. The molecule has 0 aliphatic carbocycles. The summed E-state index contributed by atoms with van der Waals surface area (Å²) < 4.78 is 0. The van der Waals surface area contributed by atoms with Crippen molar-refractivity contribution in [2.24, 2.45) is 0 Å². The molecule has 0 aromatic heterocycles. The number of hydrogen-bond acceptors (Lipinski definition) is 2. The smallest absolute Gasteiger partial charge is 0.0802 e. The highest BCUT2D eigenvalue weighted by Crippen LogP contribution is 2.24. The van der Waals surface area contributed by atoms with Crippen LogP contribution >= 0.6 is 0 Å². The van der Waals surface area contributed by atoms with Gasteiger partial charge in [0.25, 0.3) is 0 Å². The molecule has 2 aromatic carbocycles. The zero-order valence-corrected chi connectivity index (χ0v) is 14.9. The summed E-state index contributed by atoms with van der Waals surface area (Å²) in [6.45, 7) is 7.51. The lowest BCUT2D eigenvalue weighted by atomic mass is 9.95. The predicted octanol–water partition coefficient (Wildman–Crippen LogP) is 4.68. The zero-order chi connectivity index (χ0) is 16.9. The Labute approximate surface area is 146 Å². The number of benzene rings is 2. The van der Waals surface area contributed by atoms with E-state index in [2.05, 4.69) is 67.3 Å². The summed E-state index contributed by atoms with van der Waals surface area (Å²) in [5.74, 6) is 0.588. The molecule has 128 valence electrons. The van der Waals surface area contributed by atoms with Crippen LogP contribution in [0.2, 0.25) is 0 Å². The fourth-order valence-electron chi connectivity index (χ4n) is 3.50. The van der Waals surface area contributed by atoms with Crippen molar-refractivity contribution in [2.75, 3.05) is 13.1 Å². The minimum absolute atomic E-state index is 0.367. The lowest BCUT2D eigenvalue weighted by molar-refractivity contribution is 0.137. The molecule has 0 radical (unpaired) electrons. The zero-order valence-electron chi connectivity index (χ0n) is 14.9. The Hall–Kier alpha value is -1.64. The van der Waals surface area contributed by atoms with Crippen molar-refractivity contribution in [3.8, 4) is 0 Å². The first-order chi connectivity index (χ1) is 11.7. The van der Waals surface area contributed by atoms with Crippen LogP contribution in [-0.4, -0.2) is 23.1 Å². The second-order valence-corrected chi connectivity index (χ2v) is 7.08. The van der Waals surface area contributed by atoms with Crippen LogP contribution in [0.5, 0.6) is 0 Å². The maximum absolute atomic E-state index is 10.5. The van der Waals surface area contributed by atoms with E-state index in [0.717, 1.165) is 44.5 Å². The van der Waals surface area contributed by atoms with Crippen molar-refractivity contribution < 1.29 is 5.11 Å². The average molecular weight is 323 g/mol. The van der Waals surface area contributed by atoms with Gasteiger partial charge in [-0.15, -0.1) is 0 Å². The van der Waals surface area contributed by atoms with Crippen molar-refractivity contribution in [3.05, 3.63) is 70.8 Å². The normalized spacial score (nSPS) is 17.3. The minimum atomic E-state index is -0.367. The van der Waals surface area contributed by atoms with Gasteiger partial charge in [-0.2, -0.15) is 0 Å². The van der Waals surface area contributed by atoms with E-state index in [4.69, 9.17) is 0 Å². The van der Waals surface area contributed by atoms with Crippen molar-refractivity contribution in [3.63, 3.8) is 0 Å². The van der Waals surface area contributed by atoms with Crippen LogP contribution < -0.4 is 0 Å².